The van der Waals surface area contributed by atoms with Crippen LogP contribution in [0.15, 0.2) is 0 Å². The predicted octanol–water partition coefficient (Wildman–Crippen LogP) is 0.559. The standard InChI is InChI=1S/C4H2F6NO5P/c5-3(6,7)1(12)11(17(14,15)16)2(13)4(8,9)10/h(H2,14,15,16). The molecule has 100 valence electrons. The Balaban J connectivity index is 5.58. The van der Waals surface area contributed by atoms with Crippen molar-refractivity contribution in [3.63, 3.8) is 0 Å². The van der Waals surface area contributed by atoms with Crippen molar-refractivity contribution < 1.29 is 50.3 Å². The number of alkyl halides is 6. The molecule has 13 heteroatoms. The Morgan fingerprint density at radius 2 is 1.12 bits per heavy atom. The Labute approximate surface area is 88.0 Å². The maximum absolute atomic E-state index is 11.7. The fourth-order valence-corrected chi connectivity index (χ4v) is 1.27. The second-order valence-corrected chi connectivity index (χ2v) is 3.86. The molecule has 0 aromatic carbocycles. The molecule has 2 amide bonds. The van der Waals surface area contributed by atoms with Gasteiger partial charge in [0.1, 0.15) is 0 Å². The highest BCUT2D eigenvalue weighted by Crippen LogP contribution is 2.44. The number of rotatable bonds is 1. The lowest BCUT2D eigenvalue weighted by molar-refractivity contribution is -0.198. The largest absolute Gasteiger partial charge is 0.472 e. The first-order valence-electron chi connectivity index (χ1n) is 3.27. The van der Waals surface area contributed by atoms with E-state index in [-0.39, 0.29) is 0 Å². The lowest BCUT2D eigenvalue weighted by Gasteiger charge is -2.22. The average molecular weight is 289 g/mol. The van der Waals surface area contributed by atoms with Crippen LogP contribution < -0.4 is 0 Å². The van der Waals surface area contributed by atoms with E-state index in [9.17, 15) is 40.5 Å². The number of imide groups is 1. The molecule has 2 N–H and O–H groups in total. The van der Waals surface area contributed by atoms with Crippen LogP contribution in [0.2, 0.25) is 0 Å². The minimum absolute atomic E-state index is 2.17. The van der Waals surface area contributed by atoms with Crippen LogP contribution in [0.1, 0.15) is 0 Å². The molecule has 0 heterocycles. The molecule has 0 atom stereocenters. The first kappa shape index (κ1) is 15.9. The van der Waals surface area contributed by atoms with Crippen molar-refractivity contribution in [2.75, 3.05) is 0 Å². The maximum Gasteiger partial charge on any atom is 0.472 e. The van der Waals surface area contributed by atoms with E-state index in [1.54, 1.807) is 0 Å². The summed E-state index contributed by atoms with van der Waals surface area (Å²) in [5.74, 6) is -7.21. The minimum Gasteiger partial charge on any atom is -0.308 e. The molecular weight excluding hydrogens is 287 g/mol. The van der Waals surface area contributed by atoms with Gasteiger partial charge in [-0.15, -0.1) is 0 Å². The quantitative estimate of drug-likeness (QED) is 0.543. The third kappa shape index (κ3) is 3.98. The Morgan fingerprint density at radius 1 is 0.882 bits per heavy atom. The van der Waals surface area contributed by atoms with E-state index in [2.05, 4.69) is 0 Å². The molecule has 0 rings (SSSR count). The van der Waals surface area contributed by atoms with Crippen molar-refractivity contribution >= 4 is 19.6 Å². The number of carbonyl (C=O) groups is 2. The van der Waals surface area contributed by atoms with Crippen molar-refractivity contribution in [3.8, 4) is 0 Å². The van der Waals surface area contributed by atoms with Crippen LogP contribution in [-0.2, 0) is 14.2 Å². The number of halogens is 6. The number of hydrogen-bond donors (Lipinski definition) is 2. The molecule has 0 aromatic rings. The van der Waals surface area contributed by atoms with Crippen LogP contribution in [0.3, 0.4) is 0 Å². The topological polar surface area (TPSA) is 94.9 Å². The van der Waals surface area contributed by atoms with Crippen molar-refractivity contribution in [1.82, 2.24) is 4.67 Å². The molecule has 0 unspecified atom stereocenters. The minimum atomic E-state index is -6.39. The summed E-state index contributed by atoms with van der Waals surface area (Å²) in [5.41, 5.74) is 0. The van der Waals surface area contributed by atoms with Crippen molar-refractivity contribution in [2.24, 2.45) is 0 Å². The van der Waals surface area contributed by atoms with Gasteiger partial charge >= 0.3 is 31.9 Å². The lowest BCUT2D eigenvalue weighted by atomic mass is 10.5. The summed E-state index contributed by atoms with van der Waals surface area (Å²) in [6.45, 7) is 0. The Hall–Kier alpha value is -1.13. The molecule has 6 nitrogen and oxygen atoms in total. The van der Waals surface area contributed by atoms with E-state index >= 15 is 0 Å². The number of hydrogen-bond acceptors (Lipinski definition) is 3. The summed E-state index contributed by atoms with van der Waals surface area (Å²) in [5, 5.41) is 0. The lowest BCUT2D eigenvalue weighted by Crippen LogP contribution is -2.47. The summed E-state index contributed by atoms with van der Waals surface area (Å²) in [6.07, 6.45) is -12.1. The van der Waals surface area contributed by atoms with E-state index in [1.165, 1.54) is 0 Å². The molecule has 0 spiro atoms. The van der Waals surface area contributed by atoms with Crippen molar-refractivity contribution in [3.05, 3.63) is 0 Å². The van der Waals surface area contributed by atoms with Gasteiger partial charge in [-0.2, -0.15) is 31.0 Å². The SMILES string of the molecule is O=C(N(C(=O)C(F)(F)F)P(=O)(O)O)C(F)(F)F. The highest BCUT2D eigenvalue weighted by Gasteiger charge is 2.57. The second-order valence-electron chi connectivity index (χ2n) is 2.43. The van der Waals surface area contributed by atoms with E-state index < -0.39 is 36.6 Å². The smallest absolute Gasteiger partial charge is 0.308 e. The zero-order valence-electron chi connectivity index (χ0n) is 7.28. The summed E-state index contributed by atoms with van der Waals surface area (Å²) in [4.78, 5) is 36.9. The van der Waals surface area contributed by atoms with Gasteiger partial charge in [0.05, 0.1) is 0 Å². The molecule has 0 radical (unpaired) electrons. The molecule has 0 aliphatic carbocycles. The van der Waals surface area contributed by atoms with Crippen LogP contribution in [-0.4, -0.2) is 38.6 Å². The van der Waals surface area contributed by atoms with Crippen LogP contribution in [0.5, 0.6) is 0 Å². The number of nitrogens with zero attached hydrogens (tertiary/aromatic N) is 1. The fraction of sp³-hybridized carbons (Fsp3) is 0.500. The molecule has 0 bridgehead atoms. The zero-order valence-corrected chi connectivity index (χ0v) is 8.18. The Morgan fingerprint density at radius 3 is 1.24 bits per heavy atom. The van der Waals surface area contributed by atoms with E-state index in [4.69, 9.17) is 9.79 Å². The van der Waals surface area contributed by atoms with E-state index in [0.717, 1.165) is 0 Å². The Bertz CT molecular complexity index is 355. The van der Waals surface area contributed by atoms with Crippen LogP contribution in [0.4, 0.5) is 26.3 Å². The van der Waals surface area contributed by atoms with Gasteiger partial charge in [0.2, 0.25) is 0 Å². The van der Waals surface area contributed by atoms with Gasteiger partial charge in [-0.3, -0.25) is 9.59 Å². The van der Waals surface area contributed by atoms with Gasteiger partial charge in [0.25, 0.3) is 0 Å². The maximum atomic E-state index is 11.7. The van der Waals surface area contributed by atoms with Crippen molar-refractivity contribution in [1.29, 1.82) is 0 Å². The van der Waals surface area contributed by atoms with Gasteiger partial charge in [-0.05, 0) is 0 Å². The summed E-state index contributed by atoms with van der Waals surface area (Å²) in [7, 11) is -6.39. The highest BCUT2D eigenvalue weighted by atomic mass is 31.2. The molecular formula is C4H2F6NO5P. The Kier molecular flexibility index (Phi) is 3.99. The van der Waals surface area contributed by atoms with E-state index in [0.29, 0.717) is 0 Å². The zero-order chi connectivity index (χ0) is 14.2. The van der Waals surface area contributed by atoms with Crippen LogP contribution in [0.25, 0.3) is 0 Å². The summed E-state index contributed by atoms with van der Waals surface area (Å²) < 4.78 is 78.5. The first-order valence-corrected chi connectivity index (χ1v) is 4.84. The van der Waals surface area contributed by atoms with Crippen LogP contribution >= 0.6 is 7.75 Å². The van der Waals surface area contributed by atoms with Gasteiger partial charge < -0.3 is 9.79 Å². The first-order chi connectivity index (χ1) is 7.19. The normalized spacial score (nSPS) is 13.4. The monoisotopic (exact) mass is 289 g/mol. The van der Waals surface area contributed by atoms with Gasteiger partial charge in [-0.25, -0.2) is 4.57 Å². The number of carbonyl (C=O) groups excluding carboxylic acids is 2. The predicted molar refractivity (Wildman–Crippen MR) is 36.0 cm³/mol. The van der Waals surface area contributed by atoms with Crippen LogP contribution in [0, 0.1) is 0 Å². The molecule has 0 fully saturated rings. The molecule has 17 heavy (non-hydrogen) atoms. The molecule has 0 aromatic heterocycles. The summed E-state index contributed by atoms with van der Waals surface area (Å²) >= 11 is 0. The molecule has 0 aliphatic rings. The number of amides is 2. The second kappa shape index (κ2) is 4.27. The van der Waals surface area contributed by atoms with Crippen molar-refractivity contribution in [2.45, 2.75) is 12.4 Å². The summed E-state index contributed by atoms with van der Waals surface area (Å²) in [6, 6.07) is 0. The third-order valence-electron chi connectivity index (χ3n) is 1.13. The third-order valence-corrected chi connectivity index (χ3v) is 2.01. The fourth-order valence-electron chi connectivity index (χ4n) is 0.569. The van der Waals surface area contributed by atoms with Gasteiger partial charge in [0.15, 0.2) is 0 Å². The van der Waals surface area contributed by atoms with Gasteiger partial charge in [-0.1, -0.05) is 0 Å². The van der Waals surface area contributed by atoms with Gasteiger partial charge in [0, 0.05) is 0 Å². The molecule has 0 saturated heterocycles. The highest BCUT2D eigenvalue weighted by molar-refractivity contribution is 7.50. The molecule has 0 saturated carbocycles. The van der Waals surface area contributed by atoms with E-state index in [1.807, 2.05) is 0 Å². The molecule has 0 aliphatic heterocycles. The average Bonchev–Trinajstić information content (AvgIpc) is 1.97.